The first-order valence-corrected chi connectivity index (χ1v) is 10.4. The molecule has 0 aliphatic heterocycles. The molecule has 0 saturated heterocycles. The molecule has 6 nitrogen and oxygen atoms in total. The van der Waals surface area contributed by atoms with E-state index in [9.17, 15) is 9.59 Å². The van der Waals surface area contributed by atoms with E-state index in [4.69, 9.17) is 4.74 Å². The van der Waals surface area contributed by atoms with Gasteiger partial charge in [0.25, 0.3) is 0 Å². The summed E-state index contributed by atoms with van der Waals surface area (Å²) in [6.45, 7) is 7.93. The lowest BCUT2D eigenvalue weighted by Gasteiger charge is -2.25. The highest BCUT2D eigenvalue weighted by atomic mass is 79.9. The van der Waals surface area contributed by atoms with Crippen LogP contribution < -0.4 is 5.32 Å². The van der Waals surface area contributed by atoms with Gasteiger partial charge in [-0.05, 0) is 36.5 Å². The summed E-state index contributed by atoms with van der Waals surface area (Å²) < 4.78 is 5.71. The molecule has 154 valence electrons. The first-order valence-electron chi connectivity index (χ1n) is 9.65. The average molecular weight is 460 g/mol. The van der Waals surface area contributed by atoms with Gasteiger partial charge in [-0.25, -0.2) is 9.78 Å². The first-order chi connectivity index (χ1) is 13.8. The van der Waals surface area contributed by atoms with Crippen LogP contribution in [0, 0.1) is 11.8 Å². The molecular formula is C22H26BrN3O3. The largest absolute Gasteiger partial charge is 0.453 e. The minimum absolute atomic E-state index is 0.00404. The summed E-state index contributed by atoms with van der Waals surface area (Å²) in [6, 6.07) is 7.36. The molecule has 0 bridgehead atoms. The highest BCUT2D eigenvalue weighted by molar-refractivity contribution is 9.10. The van der Waals surface area contributed by atoms with Crippen LogP contribution in [-0.2, 0) is 9.53 Å². The second kappa shape index (κ2) is 8.95. The van der Waals surface area contributed by atoms with Crippen molar-refractivity contribution in [1.82, 2.24) is 15.3 Å². The molecule has 1 saturated carbocycles. The lowest BCUT2D eigenvalue weighted by molar-refractivity contribution is -0.126. The van der Waals surface area contributed by atoms with Crippen molar-refractivity contribution in [3.63, 3.8) is 0 Å². The highest BCUT2D eigenvalue weighted by Crippen LogP contribution is 2.43. The third-order valence-corrected chi connectivity index (χ3v) is 5.93. The number of H-pyrrole nitrogens is 1. The summed E-state index contributed by atoms with van der Waals surface area (Å²) in [7, 11) is 1.30. The first kappa shape index (κ1) is 21.3. The van der Waals surface area contributed by atoms with E-state index in [-0.39, 0.29) is 23.5 Å². The van der Waals surface area contributed by atoms with Gasteiger partial charge in [-0.1, -0.05) is 54.1 Å². The summed E-state index contributed by atoms with van der Waals surface area (Å²) >= 11 is 3.44. The average Bonchev–Trinajstić information content (AvgIpc) is 3.32. The number of carbonyl (C=O) groups is 2. The number of rotatable bonds is 6. The number of benzene rings is 1. The molecule has 1 aliphatic carbocycles. The van der Waals surface area contributed by atoms with Gasteiger partial charge >= 0.3 is 6.09 Å². The van der Waals surface area contributed by atoms with Gasteiger partial charge in [0.2, 0.25) is 0 Å². The molecule has 1 unspecified atom stereocenters. The van der Waals surface area contributed by atoms with E-state index < -0.39 is 12.1 Å². The summed E-state index contributed by atoms with van der Waals surface area (Å²) in [5.74, 6) is 0.359. The number of carbonyl (C=O) groups excluding carboxylic acids is 2. The van der Waals surface area contributed by atoms with Crippen molar-refractivity contribution in [2.75, 3.05) is 7.11 Å². The molecule has 7 heteroatoms. The summed E-state index contributed by atoms with van der Waals surface area (Å²) in [5.41, 5.74) is 2.96. The number of alkyl carbamates (subject to hydrolysis) is 1. The van der Waals surface area contributed by atoms with E-state index >= 15 is 0 Å². The minimum atomic E-state index is -0.609. The van der Waals surface area contributed by atoms with Crippen molar-refractivity contribution >= 4 is 27.8 Å². The van der Waals surface area contributed by atoms with Crippen molar-refractivity contribution in [2.45, 2.75) is 38.6 Å². The summed E-state index contributed by atoms with van der Waals surface area (Å²) in [6.07, 6.45) is 2.51. The van der Waals surface area contributed by atoms with Crippen molar-refractivity contribution in [3.05, 3.63) is 52.9 Å². The monoisotopic (exact) mass is 459 g/mol. The molecule has 1 fully saturated rings. The van der Waals surface area contributed by atoms with Crippen molar-refractivity contribution in [1.29, 1.82) is 0 Å². The Balaban J connectivity index is 1.84. The van der Waals surface area contributed by atoms with E-state index in [1.54, 1.807) is 6.20 Å². The number of nitrogens with one attached hydrogen (secondary N) is 2. The van der Waals surface area contributed by atoms with Crippen LogP contribution in [0.3, 0.4) is 0 Å². The summed E-state index contributed by atoms with van der Waals surface area (Å²) in [4.78, 5) is 33.0. The number of aromatic amines is 1. The maximum absolute atomic E-state index is 13.3. The highest BCUT2D eigenvalue weighted by Gasteiger charge is 2.41. The topological polar surface area (TPSA) is 84.1 Å². The van der Waals surface area contributed by atoms with E-state index in [1.165, 1.54) is 7.11 Å². The number of halogens is 1. The quantitative estimate of drug-likeness (QED) is 0.605. The Morgan fingerprint density at radius 1 is 1.28 bits per heavy atom. The number of hydrogen-bond acceptors (Lipinski definition) is 4. The normalized spacial score (nSPS) is 20.0. The number of ketones is 1. The van der Waals surface area contributed by atoms with Gasteiger partial charge in [0.05, 0.1) is 25.0 Å². The summed E-state index contributed by atoms with van der Waals surface area (Å²) in [5, 5.41) is 2.69. The molecule has 1 aromatic heterocycles. The predicted molar refractivity (Wildman–Crippen MR) is 116 cm³/mol. The van der Waals surface area contributed by atoms with E-state index in [1.807, 2.05) is 38.1 Å². The van der Waals surface area contributed by atoms with Crippen molar-refractivity contribution in [3.8, 4) is 11.3 Å². The SMILES string of the molecule is C=C1CC(C(=O)[C@@H](NC(=O)OC)C(C)C)[C@H](c2ncc(-c3ccc(Br)cc3)[nH]2)C1. The Hall–Kier alpha value is -2.41. The van der Waals surface area contributed by atoms with Crippen LogP contribution in [0.15, 0.2) is 47.1 Å². The molecule has 0 radical (unpaired) electrons. The smallest absolute Gasteiger partial charge is 0.407 e. The van der Waals surface area contributed by atoms with Crippen LogP contribution in [-0.4, -0.2) is 35.0 Å². The predicted octanol–water partition coefficient (Wildman–Crippen LogP) is 4.84. The Bertz CT molecular complexity index is 904. The fraction of sp³-hybridized carbons (Fsp3) is 0.409. The van der Waals surface area contributed by atoms with Gasteiger partial charge in [0.15, 0.2) is 5.78 Å². The number of imidazole rings is 1. The number of ether oxygens (including phenoxy) is 1. The number of methoxy groups -OCH3 is 1. The van der Waals surface area contributed by atoms with Crippen LogP contribution in [0.4, 0.5) is 4.79 Å². The zero-order chi connectivity index (χ0) is 21.1. The van der Waals surface area contributed by atoms with Gasteiger partial charge in [-0.2, -0.15) is 0 Å². The molecule has 1 heterocycles. The number of hydrogen-bond donors (Lipinski definition) is 2. The molecule has 3 atom stereocenters. The molecule has 3 rings (SSSR count). The number of Topliss-reactive ketones (excluding diaryl/α,β-unsaturated/α-hetero) is 1. The van der Waals surface area contributed by atoms with E-state index in [0.29, 0.717) is 12.8 Å². The second-order valence-electron chi connectivity index (χ2n) is 7.82. The lowest BCUT2D eigenvalue weighted by Crippen LogP contribution is -2.47. The van der Waals surface area contributed by atoms with Gasteiger partial charge in [-0.15, -0.1) is 0 Å². The fourth-order valence-electron chi connectivity index (χ4n) is 3.86. The van der Waals surface area contributed by atoms with Crippen molar-refractivity contribution in [2.24, 2.45) is 11.8 Å². The number of nitrogens with zero attached hydrogens (tertiary/aromatic N) is 1. The van der Waals surface area contributed by atoms with Gasteiger partial charge < -0.3 is 15.0 Å². The lowest BCUT2D eigenvalue weighted by atomic mass is 9.84. The second-order valence-corrected chi connectivity index (χ2v) is 8.74. The number of allylic oxidation sites excluding steroid dienone is 1. The van der Waals surface area contributed by atoms with E-state index in [2.05, 4.69) is 37.8 Å². The Morgan fingerprint density at radius 2 is 1.97 bits per heavy atom. The van der Waals surface area contributed by atoms with Gasteiger partial charge in [-0.3, -0.25) is 4.79 Å². The number of aromatic nitrogens is 2. The molecule has 2 aromatic rings. The molecule has 0 spiro atoms. The maximum atomic E-state index is 13.3. The zero-order valence-electron chi connectivity index (χ0n) is 16.9. The Labute approximate surface area is 179 Å². The maximum Gasteiger partial charge on any atom is 0.407 e. The fourth-order valence-corrected chi connectivity index (χ4v) is 4.12. The van der Waals surface area contributed by atoms with Crippen LogP contribution in [0.25, 0.3) is 11.3 Å². The zero-order valence-corrected chi connectivity index (χ0v) is 18.5. The van der Waals surface area contributed by atoms with Gasteiger partial charge in [0, 0.05) is 16.3 Å². The minimum Gasteiger partial charge on any atom is -0.453 e. The third kappa shape index (κ3) is 4.78. The third-order valence-electron chi connectivity index (χ3n) is 5.40. The van der Waals surface area contributed by atoms with E-state index in [0.717, 1.165) is 27.1 Å². The van der Waals surface area contributed by atoms with Crippen LogP contribution in [0.2, 0.25) is 0 Å². The van der Waals surface area contributed by atoms with Gasteiger partial charge in [0.1, 0.15) is 5.82 Å². The standard InChI is InChI=1S/C22H26BrN3O3/c1-12(2)19(26-22(28)29-4)20(27)16-9-13(3)10-17(16)21-24-11-18(25-21)14-5-7-15(23)8-6-14/h5-8,11-12,16-17,19H,3,9-10H2,1-2,4H3,(H,24,25)(H,26,28)/t16?,17-,19+/m1/s1. The van der Waals surface area contributed by atoms with Crippen LogP contribution in [0.1, 0.15) is 38.4 Å². The Kier molecular flexibility index (Phi) is 6.57. The Morgan fingerprint density at radius 3 is 2.59 bits per heavy atom. The number of amides is 1. The molecule has 2 N–H and O–H groups in total. The molecule has 1 amide bonds. The van der Waals surface area contributed by atoms with Crippen molar-refractivity contribution < 1.29 is 14.3 Å². The van der Waals surface area contributed by atoms with Crippen LogP contribution in [0.5, 0.6) is 0 Å². The molecule has 1 aliphatic rings. The van der Waals surface area contributed by atoms with Crippen LogP contribution >= 0.6 is 15.9 Å². The molecule has 1 aromatic carbocycles. The molecular weight excluding hydrogens is 434 g/mol. The molecule has 29 heavy (non-hydrogen) atoms.